The van der Waals surface area contributed by atoms with Gasteiger partial charge in [0.05, 0.1) is 19.2 Å². The second kappa shape index (κ2) is 9.64. The third-order valence-corrected chi connectivity index (χ3v) is 5.52. The molecular formula is C24H27N3O5. The summed E-state index contributed by atoms with van der Waals surface area (Å²) in [5.74, 6) is -0.828. The van der Waals surface area contributed by atoms with E-state index in [9.17, 15) is 19.2 Å². The predicted molar refractivity (Wildman–Crippen MR) is 121 cm³/mol. The van der Waals surface area contributed by atoms with Crippen LogP contribution in [0.3, 0.4) is 0 Å². The normalized spacial score (nSPS) is 16.6. The first-order chi connectivity index (χ1) is 15.3. The maximum atomic E-state index is 13.4. The van der Waals surface area contributed by atoms with E-state index in [1.54, 1.807) is 48.5 Å². The van der Waals surface area contributed by atoms with Crippen LogP contribution in [0.5, 0.6) is 5.75 Å². The molecule has 0 spiro atoms. The van der Waals surface area contributed by atoms with Crippen molar-refractivity contribution in [3.8, 4) is 5.75 Å². The maximum Gasteiger partial charge on any atom is 0.257 e. The van der Waals surface area contributed by atoms with Crippen LogP contribution in [0, 0.1) is 0 Å². The number of hydrogen-bond donors (Lipinski definition) is 1. The van der Waals surface area contributed by atoms with Crippen molar-refractivity contribution in [3.05, 3.63) is 54.1 Å². The molecule has 168 valence electrons. The molecular weight excluding hydrogens is 410 g/mol. The van der Waals surface area contributed by atoms with Crippen molar-refractivity contribution >= 4 is 35.0 Å². The summed E-state index contributed by atoms with van der Waals surface area (Å²) < 4.78 is 5.22. The number of amides is 4. The molecule has 2 aromatic rings. The van der Waals surface area contributed by atoms with Gasteiger partial charge in [-0.25, -0.2) is 4.90 Å². The summed E-state index contributed by atoms with van der Waals surface area (Å²) in [5, 5.41) is 2.65. The van der Waals surface area contributed by atoms with Gasteiger partial charge in [-0.2, -0.15) is 0 Å². The number of ether oxygens (including phenoxy) is 1. The van der Waals surface area contributed by atoms with Crippen molar-refractivity contribution in [3.63, 3.8) is 0 Å². The Morgan fingerprint density at radius 3 is 2.47 bits per heavy atom. The minimum atomic E-state index is -0.897. The number of nitrogens with zero attached hydrogens (tertiary/aromatic N) is 2. The van der Waals surface area contributed by atoms with Gasteiger partial charge in [-0.15, -0.1) is 0 Å². The highest BCUT2D eigenvalue weighted by Gasteiger charge is 2.45. The van der Waals surface area contributed by atoms with Gasteiger partial charge in [0.25, 0.3) is 11.8 Å². The Labute approximate surface area is 187 Å². The van der Waals surface area contributed by atoms with Gasteiger partial charge < -0.3 is 15.0 Å². The molecule has 4 amide bonds. The summed E-state index contributed by atoms with van der Waals surface area (Å²) in [6, 6.07) is 12.0. The van der Waals surface area contributed by atoms with Crippen molar-refractivity contribution in [2.45, 2.75) is 45.7 Å². The molecule has 8 heteroatoms. The fraction of sp³-hybridized carbons (Fsp3) is 0.333. The Balaban J connectivity index is 1.90. The van der Waals surface area contributed by atoms with Crippen LogP contribution in [-0.4, -0.2) is 47.7 Å². The highest BCUT2D eigenvalue weighted by Crippen LogP contribution is 2.29. The molecule has 1 aliphatic heterocycles. The largest absolute Gasteiger partial charge is 0.497 e. The summed E-state index contributed by atoms with van der Waals surface area (Å²) in [6.07, 6.45) is 0.533. The molecule has 1 aliphatic rings. The molecule has 8 nitrogen and oxygen atoms in total. The van der Waals surface area contributed by atoms with Gasteiger partial charge in [-0.05, 0) is 55.8 Å². The van der Waals surface area contributed by atoms with E-state index in [0.29, 0.717) is 29.1 Å². The topological polar surface area (TPSA) is 96.0 Å². The molecule has 1 heterocycles. The Kier molecular flexibility index (Phi) is 6.92. The van der Waals surface area contributed by atoms with E-state index in [2.05, 4.69) is 5.32 Å². The highest BCUT2D eigenvalue weighted by atomic mass is 16.5. The zero-order valence-corrected chi connectivity index (χ0v) is 18.6. The van der Waals surface area contributed by atoms with E-state index in [0.717, 1.165) is 4.90 Å². The zero-order chi connectivity index (χ0) is 23.4. The molecule has 0 bridgehead atoms. The molecule has 1 fully saturated rings. The predicted octanol–water partition coefficient (Wildman–Crippen LogP) is 3.23. The summed E-state index contributed by atoms with van der Waals surface area (Å²) in [6.45, 7) is 5.19. The fourth-order valence-corrected chi connectivity index (χ4v) is 3.75. The molecule has 0 radical (unpaired) electrons. The van der Waals surface area contributed by atoms with E-state index >= 15 is 0 Å². The number of imide groups is 1. The second-order valence-electron chi connectivity index (χ2n) is 7.72. The maximum absolute atomic E-state index is 13.4. The molecule has 2 atom stereocenters. The van der Waals surface area contributed by atoms with Gasteiger partial charge >= 0.3 is 0 Å². The number of methoxy groups -OCH3 is 1. The van der Waals surface area contributed by atoms with E-state index in [1.165, 1.54) is 18.9 Å². The number of carbonyl (C=O) groups is 4. The van der Waals surface area contributed by atoms with E-state index in [-0.39, 0.29) is 30.2 Å². The lowest BCUT2D eigenvalue weighted by Gasteiger charge is -2.33. The lowest BCUT2D eigenvalue weighted by atomic mass is 10.1. The van der Waals surface area contributed by atoms with E-state index in [1.807, 2.05) is 13.8 Å². The lowest BCUT2D eigenvalue weighted by molar-refractivity contribution is -0.123. The Morgan fingerprint density at radius 2 is 1.88 bits per heavy atom. The number of benzene rings is 2. The molecule has 3 rings (SSSR count). The van der Waals surface area contributed by atoms with Crippen LogP contribution in [0.2, 0.25) is 0 Å². The molecule has 2 unspecified atom stereocenters. The Morgan fingerprint density at radius 1 is 1.19 bits per heavy atom. The van der Waals surface area contributed by atoms with Crippen LogP contribution >= 0.6 is 0 Å². The van der Waals surface area contributed by atoms with Crippen molar-refractivity contribution in [1.29, 1.82) is 0 Å². The van der Waals surface area contributed by atoms with Gasteiger partial charge in [0.2, 0.25) is 11.8 Å². The van der Waals surface area contributed by atoms with Crippen LogP contribution in [0.25, 0.3) is 0 Å². The van der Waals surface area contributed by atoms with Crippen molar-refractivity contribution < 1.29 is 23.9 Å². The SMILES string of the molecule is CCC(C)N(C(=O)c1cccc(OC)c1)C1CC(=O)N(c2ccc(NC(C)=O)cc2)C1=O. The van der Waals surface area contributed by atoms with Crippen LogP contribution in [0.15, 0.2) is 48.5 Å². The van der Waals surface area contributed by atoms with Crippen molar-refractivity contribution in [2.24, 2.45) is 0 Å². The average molecular weight is 437 g/mol. The standard InChI is InChI=1S/C24H27N3O5/c1-5-15(2)26(23(30)17-7-6-8-20(13-17)32-4)21-14-22(29)27(24(21)31)19-11-9-18(10-12-19)25-16(3)28/h6-13,15,21H,5,14H2,1-4H3,(H,25,28). The monoisotopic (exact) mass is 437 g/mol. The lowest BCUT2D eigenvalue weighted by Crippen LogP contribution is -2.49. The van der Waals surface area contributed by atoms with Crippen LogP contribution in [0.4, 0.5) is 11.4 Å². The smallest absolute Gasteiger partial charge is 0.257 e. The van der Waals surface area contributed by atoms with Gasteiger partial charge in [-0.1, -0.05) is 13.0 Å². The number of nitrogens with one attached hydrogen (secondary N) is 1. The average Bonchev–Trinajstić information content (AvgIpc) is 3.07. The van der Waals surface area contributed by atoms with Crippen molar-refractivity contribution in [2.75, 3.05) is 17.3 Å². The van der Waals surface area contributed by atoms with Crippen LogP contribution < -0.4 is 15.0 Å². The van der Waals surface area contributed by atoms with Gasteiger partial charge in [0, 0.05) is 24.2 Å². The number of rotatable bonds is 7. The van der Waals surface area contributed by atoms with Crippen molar-refractivity contribution in [1.82, 2.24) is 4.90 Å². The quantitative estimate of drug-likeness (QED) is 0.671. The number of anilines is 2. The first kappa shape index (κ1) is 23.0. The first-order valence-corrected chi connectivity index (χ1v) is 10.5. The Hall–Kier alpha value is -3.68. The first-order valence-electron chi connectivity index (χ1n) is 10.5. The zero-order valence-electron chi connectivity index (χ0n) is 18.6. The van der Waals surface area contributed by atoms with Gasteiger partial charge in [0.15, 0.2) is 0 Å². The summed E-state index contributed by atoms with van der Waals surface area (Å²) in [5.41, 5.74) is 1.35. The molecule has 0 aliphatic carbocycles. The molecule has 2 aromatic carbocycles. The molecule has 0 saturated carbocycles. The third kappa shape index (κ3) is 4.64. The summed E-state index contributed by atoms with van der Waals surface area (Å²) in [4.78, 5) is 53.3. The highest BCUT2D eigenvalue weighted by molar-refractivity contribution is 6.23. The Bertz CT molecular complexity index is 1030. The molecule has 32 heavy (non-hydrogen) atoms. The summed E-state index contributed by atoms with van der Waals surface area (Å²) in [7, 11) is 1.52. The third-order valence-electron chi connectivity index (χ3n) is 5.52. The van der Waals surface area contributed by atoms with Gasteiger partial charge in [0.1, 0.15) is 11.8 Å². The van der Waals surface area contributed by atoms with Crippen LogP contribution in [0.1, 0.15) is 44.0 Å². The van der Waals surface area contributed by atoms with E-state index < -0.39 is 11.9 Å². The van der Waals surface area contributed by atoms with Gasteiger partial charge in [-0.3, -0.25) is 19.2 Å². The summed E-state index contributed by atoms with van der Waals surface area (Å²) >= 11 is 0. The number of carbonyl (C=O) groups excluding carboxylic acids is 4. The van der Waals surface area contributed by atoms with Crippen LogP contribution in [-0.2, 0) is 14.4 Å². The minimum absolute atomic E-state index is 0.0909. The minimum Gasteiger partial charge on any atom is -0.497 e. The molecule has 0 aromatic heterocycles. The fourth-order valence-electron chi connectivity index (χ4n) is 3.75. The van der Waals surface area contributed by atoms with E-state index in [4.69, 9.17) is 4.74 Å². The number of hydrogen-bond acceptors (Lipinski definition) is 5. The second-order valence-corrected chi connectivity index (χ2v) is 7.72. The molecule has 1 N–H and O–H groups in total. The molecule has 1 saturated heterocycles.